The van der Waals surface area contributed by atoms with Crippen LogP contribution in [0.4, 0.5) is 11.6 Å². The summed E-state index contributed by atoms with van der Waals surface area (Å²) in [5, 5.41) is 0. The molecule has 112 valence electrons. The summed E-state index contributed by atoms with van der Waals surface area (Å²) in [5.41, 5.74) is 7.14. The van der Waals surface area contributed by atoms with Gasteiger partial charge in [0.15, 0.2) is 0 Å². The lowest BCUT2D eigenvalue weighted by Crippen LogP contribution is -2.24. The van der Waals surface area contributed by atoms with Gasteiger partial charge in [0.2, 0.25) is 0 Å². The normalized spacial score (nSPS) is 11.4. The van der Waals surface area contributed by atoms with E-state index < -0.39 is 0 Å². The Morgan fingerprint density at radius 2 is 1.76 bits per heavy atom. The number of nitrogen functional groups attached to an aromatic ring is 1. The fraction of sp³-hybridized carbons (Fsp3) is 0.412. The van der Waals surface area contributed by atoms with Crippen molar-refractivity contribution in [2.24, 2.45) is 0 Å². The van der Waals surface area contributed by atoms with Crippen LogP contribution < -0.4 is 10.6 Å². The molecule has 0 fully saturated rings. The van der Waals surface area contributed by atoms with E-state index in [-0.39, 0.29) is 5.41 Å². The molecule has 0 aliphatic carbocycles. The fourth-order valence-electron chi connectivity index (χ4n) is 2.04. The fourth-order valence-corrected chi connectivity index (χ4v) is 2.04. The van der Waals surface area contributed by atoms with Gasteiger partial charge in [0, 0.05) is 25.1 Å². The van der Waals surface area contributed by atoms with Crippen LogP contribution in [0.25, 0.3) is 0 Å². The number of likely N-dealkylation sites (N-methyl/N-ethyl adjacent to an activating group) is 1. The van der Waals surface area contributed by atoms with Crippen molar-refractivity contribution in [2.45, 2.75) is 32.6 Å². The standard InChI is InChI=1S/C17H24N4/c1-17(2,3)16-19-14(18)12-15(20-16)21(4)11-10-13-8-6-5-7-9-13/h5-9,12H,10-11H2,1-4H3,(H2,18,19,20). The maximum atomic E-state index is 5.92. The highest BCUT2D eigenvalue weighted by atomic mass is 15.2. The molecule has 2 N–H and O–H groups in total. The van der Waals surface area contributed by atoms with Gasteiger partial charge in [-0.15, -0.1) is 0 Å². The number of hydrogen-bond acceptors (Lipinski definition) is 4. The van der Waals surface area contributed by atoms with E-state index in [1.165, 1.54) is 5.56 Å². The van der Waals surface area contributed by atoms with Crippen LogP contribution >= 0.6 is 0 Å². The summed E-state index contributed by atoms with van der Waals surface area (Å²) < 4.78 is 0. The molecule has 0 spiro atoms. The van der Waals surface area contributed by atoms with Crippen molar-refractivity contribution in [3.05, 3.63) is 47.8 Å². The van der Waals surface area contributed by atoms with Gasteiger partial charge in [-0.2, -0.15) is 0 Å². The van der Waals surface area contributed by atoms with Crippen molar-refractivity contribution < 1.29 is 0 Å². The average Bonchev–Trinajstić information content (AvgIpc) is 2.44. The lowest BCUT2D eigenvalue weighted by Gasteiger charge is -2.22. The molecule has 1 aromatic heterocycles. The van der Waals surface area contributed by atoms with Gasteiger partial charge in [-0.3, -0.25) is 0 Å². The molecular weight excluding hydrogens is 260 g/mol. The van der Waals surface area contributed by atoms with Crippen LogP contribution in [0.2, 0.25) is 0 Å². The zero-order valence-electron chi connectivity index (χ0n) is 13.3. The van der Waals surface area contributed by atoms with E-state index >= 15 is 0 Å². The van der Waals surface area contributed by atoms with Crippen LogP contribution in [-0.4, -0.2) is 23.6 Å². The minimum absolute atomic E-state index is 0.107. The number of aromatic nitrogens is 2. The SMILES string of the molecule is CN(CCc1ccccc1)c1cc(N)nc(C(C)(C)C)n1. The Bertz CT molecular complexity index is 587. The second kappa shape index (κ2) is 6.12. The number of nitrogens with zero attached hydrogens (tertiary/aromatic N) is 3. The van der Waals surface area contributed by atoms with E-state index in [0.29, 0.717) is 5.82 Å². The van der Waals surface area contributed by atoms with Gasteiger partial charge in [-0.1, -0.05) is 51.1 Å². The summed E-state index contributed by atoms with van der Waals surface area (Å²) in [6.07, 6.45) is 0.978. The van der Waals surface area contributed by atoms with Crippen LogP contribution in [0, 0.1) is 0 Å². The number of nitrogens with two attached hydrogens (primary N) is 1. The summed E-state index contributed by atoms with van der Waals surface area (Å²) >= 11 is 0. The van der Waals surface area contributed by atoms with Gasteiger partial charge in [-0.05, 0) is 12.0 Å². The van der Waals surface area contributed by atoms with E-state index in [1.807, 2.05) is 19.2 Å². The summed E-state index contributed by atoms with van der Waals surface area (Å²) in [5.74, 6) is 2.18. The molecular formula is C17H24N4. The lowest BCUT2D eigenvalue weighted by molar-refractivity contribution is 0.545. The van der Waals surface area contributed by atoms with Crippen molar-refractivity contribution in [2.75, 3.05) is 24.2 Å². The van der Waals surface area contributed by atoms with Crippen LogP contribution in [-0.2, 0) is 11.8 Å². The molecule has 2 rings (SSSR count). The van der Waals surface area contributed by atoms with Crippen LogP contribution in [0.5, 0.6) is 0 Å². The first-order valence-corrected chi connectivity index (χ1v) is 7.26. The summed E-state index contributed by atoms with van der Waals surface area (Å²) in [6.45, 7) is 7.17. The van der Waals surface area contributed by atoms with Gasteiger partial charge < -0.3 is 10.6 Å². The maximum Gasteiger partial charge on any atom is 0.138 e. The minimum atomic E-state index is -0.107. The Hall–Kier alpha value is -2.10. The van der Waals surface area contributed by atoms with Crippen LogP contribution in [0.3, 0.4) is 0 Å². The Labute approximate surface area is 127 Å². The van der Waals surface area contributed by atoms with Gasteiger partial charge in [0.1, 0.15) is 17.5 Å². The first kappa shape index (κ1) is 15.3. The maximum absolute atomic E-state index is 5.92. The summed E-state index contributed by atoms with van der Waals surface area (Å²) in [6, 6.07) is 12.3. The highest BCUT2D eigenvalue weighted by Crippen LogP contribution is 2.22. The van der Waals surface area contributed by atoms with Gasteiger partial charge in [0.25, 0.3) is 0 Å². The van der Waals surface area contributed by atoms with Gasteiger partial charge in [0.05, 0.1) is 0 Å². The minimum Gasteiger partial charge on any atom is -0.384 e. The molecule has 0 amide bonds. The topological polar surface area (TPSA) is 55.0 Å². The second-order valence-corrected chi connectivity index (χ2v) is 6.38. The third kappa shape index (κ3) is 4.18. The smallest absolute Gasteiger partial charge is 0.138 e. The van der Waals surface area contributed by atoms with Crippen LogP contribution in [0.1, 0.15) is 32.2 Å². The molecule has 0 aliphatic heterocycles. The van der Waals surface area contributed by atoms with Crippen molar-refractivity contribution in [3.8, 4) is 0 Å². The predicted octanol–water partition coefficient (Wildman–Crippen LogP) is 3.04. The van der Waals surface area contributed by atoms with Crippen LogP contribution in [0.15, 0.2) is 36.4 Å². The zero-order chi connectivity index (χ0) is 15.5. The second-order valence-electron chi connectivity index (χ2n) is 6.38. The quantitative estimate of drug-likeness (QED) is 0.937. The lowest BCUT2D eigenvalue weighted by atomic mass is 9.96. The molecule has 4 heteroatoms. The summed E-state index contributed by atoms with van der Waals surface area (Å²) in [7, 11) is 2.04. The molecule has 0 saturated carbocycles. The number of rotatable bonds is 4. The molecule has 1 heterocycles. The van der Waals surface area contributed by atoms with Crippen molar-refractivity contribution in [1.82, 2.24) is 9.97 Å². The Balaban J connectivity index is 2.12. The van der Waals surface area contributed by atoms with E-state index in [9.17, 15) is 0 Å². The third-order valence-electron chi connectivity index (χ3n) is 3.37. The van der Waals surface area contributed by atoms with Crippen molar-refractivity contribution >= 4 is 11.6 Å². The highest BCUT2D eigenvalue weighted by Gasteiger charge is 2.19. The first-order valence-electron chi connectivity index (χ1n) is 7.26. The summed E-state index contributed by atoms with van der Waals surface area (Å²) in [4.78, 5) is 11.1. The molecule has 0 unspecified atom stereocenters. The van der Waals surface area contributed by atoms with Crippen molar-refractivity contribution in [3.63, 3.8) is 0 Å². The zero-order valence-corrected chi connectivity index (χ0v) is 13.3. The van der Waals surface area contributed by atoms with E-state index in [4.69, 9.17) is 5.73 Å². The highest BCUT2D eigenvalue weighted by molar-refractivity contribution is 5.47. The molecule has 0 bridgehead atoms. The first-order chi connectivity index (χ1) is 9.86. The van der Waals surface area contributed by atoms with E-state index in [1.54, 1.807) is 0 Å². The van der Waals surface area contributed by atoms with Gasteiger partial charge >= 0.3 is 0 Å². The average molecular weight is 284 g/mol. The Kier molecular flexibility index (Phi) is 4.46. The Morgan fingerprint density at radius 1 is 1.10 bits per heavy atom. The van der Waals surface area contributed by atoms with Gasteiger partial charge in [-0.25, -0.2) is 9.97 Å². The molecule has 4 nitrogen and oxygen atoms in total. The Morgan fingerprint density at radius 3 is 2.38 bits per heavy atom. The molecule has 0 radical (unpaired) electrons. The molecule has 1 aromatic carbocycles. The van der Waals surface area contributed by atoms with Crippen molar-refractivity contribution in [1.29, 1.82) is 0 Å². The molecule has 2 aromatic rings. The molecule has 0 atom stereocenters. The number of anilines is 2. The third-order valence-corrected chi connectivity index (χ3v) is 3.37. The predicted molar refractivity (Wildman–Crippen MR) is 88.6 cm³/mol. The van der Waals surface area contributed by atoms with E-state index in [2.05, 4.69) is 59.9 Å². The molecule has 0 aliphatic rings. The molecule has 21 heavy (non-hydrogen) atoms. The monoisotopic (exact) mass is 284 g/mol. The number of benzene rings is 1. The van der Waals surface area contributed by atoms with E-state index in [0.717, 1.165) is 24.6 Å². The number of hydrogen-bond donors (Lipinski definition) is 1. The largest absolute Gasteiger partial charge is 0.384 e. The molecule has 0 saturated heterocycles.